The third-order valence-electron chi connectivity index (χ3n) is 1.95. The number of benzene rings is 1. The second-order valence-corrected chi connectivity index (χ2v) is 6.62. The SMILES string of the molecule is O=S(=O)(Cl)c1ccc(Br)c(C(F)(F)F)c1C(F)(F)F. The molecule has 0 saturated heterocycles. The minimum atomic E-state index is -5.54. The zero-order valence-electron chi connectivity index (χ0n) is 8.40. The van der Waals surface area contributed by atoms with Crippen LogP contribution in [0.3, 0.4) is 0 Å². The lowest BCUT2D eigenvalue weighted by atomic mass is 10.1. The highest BCUT2D eigenvalue weighted by Gasteiger charge is 2.48. The van der Waals surface area contributed by atoms with Crippen molar-refractivity contribution < 1.29 is 34.8 Å². The monoisotopic (exact) mass is 390 g/mol. The molecule has 19 heavy (non-hydrogen) atoms. The summed E-state index contributed by atoms with van der Waals surface area (Å²) in [5.74, 6) is 0. The summed E-state index contributed by atoms with van der Waals surface area (Å²) in [4.78, 5) is -1.64. The summed E-state index contributed by atoms with van der Waals surface area (Å²) in [5.41, 5.74) is -4.48. The highest BCUT2D eigenvalue weighted by Crippen LogP contribution is 2.46. The summed E-state index contributed by atoms with van der Waals surface area (Å²) in [7, 11) is -0.251. The number of hydrogen-bond donors (Lipinski definition) is 0. The first-order valence-corrected chi connectivity index (χ1v) is 7.28. The molecule has 0 N–H and O–H groups in total. The molecule has 0 fully saturated rings. The van der Waals surface area contributed by atoms with Crippen molar-refractivity contribution in [3.63, 3.8) is 0 Å². The predicted octanol–water partition coefficient (Wildman–Crippen LogP) is 4.41. The summed E-state index contributed by atoms with van der Waals surface area (Å²) >= 11 is 2.32. The van der Waals surface area contributed by atoms with Crippen molar-refractivity contribution in [2.24, 2.45) is 0 Å². The smallest absolute Gasteiger partial charge is 0.207 e. The van der Waals surface area contributed by atoms with E-state index in [4.69, 9.17) is 10.7 Å². The summed E-state index contributed by atoms with van der Waals surface area (Å²) in [6.45, 7) is 0. The largest absolute Gasteiger partial charge is 0.418 e. The molecular formula is C8H2BrClF6O2S. The number of hydrogen-bond acceptors (Lipinski definition) is 2. The van der Waals surface area contributed by atoms with Gasteiger partial charge in [-0.3, -0.25) is 0 Å². The zero-order valence-corrected chi connectivity index (χ0v) is 11.6. The Balaban J connectivity index is 3.93. The minimum absolute atomic E-state index is 0.352. The van der Waals surface area contributed by atoms with Crippen LogP contribution in [0.2, 0.25) is 0 Å². The van der Waals surface area contributed by atoms with Crippen molar-refractivity contribution in [2.45, 2.75) is 17.2 Å². The van der Waals surface area contributed by atoms with Crippen molar-refractivity contribution >= 4 is 35.7 Å². The standard InChI is InChI=1S/C8H2BrClF6O2S/c9-3-1-2-4(19(10,17)18)6(8(14,15)16)5(3)7(11,12)13/h1-2H. The lowest BCUT2D eigenvalue weighted by Crippen LogP contribution is -2.20. The van der Waals surface area contributed by atoms with Crippen molar-refractivity contribution in [2.75, 3.05) is 0 Å². The molecule has 2 nitrogen and oxygen atoms in total. The Kier molecular flexibility index (Phi) is 4.20. The van der Waals surface area contributed by atoms with Gasteiger partial charge in [-0.1, -0.05) is 15.9 Å². The van der Waals surface area contributed by atoms with Crippen LogP contribution in [0.5, 0.6) is 0 Å². The molecule has 1 aromatic carbocycles. The molecule has 0 aliphatic heterocycles. The maximum absolute atomic E-state index is 12.7. The van der Waals surface area contributed by atoms with E-state index in [1.165, 1.54) is 0 Å². The highest BCUT2D eigenvalue weighted by atomic mass is 79.9. The van der Waals surface area contributed by atoms with E-state index in [1.54, 1.807) is 0 Å². The van der Waals surface area contributed by atoms with Crippen molar-refractivity contribution in [3.05, 3.63) is 27.7 Å². The molecule has 0 atom stereocenters. The quantitative estimate of drug-likeness (QED) is 0.525. The molecule has 0 bridgehead atoms. The van der Waals surface area contributed by atoms with Gasteiger partial charge in [0.05, 0.1) is 16.0 Å². The van der Waals surface area contributed by atoms with Crippen LogP contribution in [-0.4, -0.2) is 8.42 Å². The van der Waals surface area contributed by atoms with Crippen LogP contribution in [-0.2, 0) is 21.4 Å². The summed E-state index contributed by atoms with van der Waals surface area (Å²) < 4.78 is 97.0. The van der Waals surface area contributed by atoms with Crippen LogP contribution >= 0.6 is 26.6 Å². The van der Waals surface area contributed by atoms with Gasteiger partial charge in [0.2, 0.25) is 0 Å². The Labute approximate surface area is 115 Å². The summed E-state index contributed by atoms with van der Waals surface area (Å²) in [5, 5.41) is 0. The average molecular weight is 392 g/mol. The van der Waals surface area contributed by atoms with E-state index in [0.29, 0.717) is 12.1 Å². The van der Waals surface area contributed by atoms with E-state index in [2.05, 4.69) is 15.9 Å². The highest BCUT2D eigenvalue weighted by molar-refractivity contribution is 9.10. The van der Waals surface area contributed by atoms with Gasteiger partial charge < -0.3 is 0 Å². The fourth-order valence-electron chi connectivity index (χ4n) is 1.32. The minimum Gasteiger partial charge on any atom is -0.207 e. The van der Waals surface area contributed by atoms with Crippen molar-refractivity contribution in [3.8, 4) is 0 Å². The fourth-order valence-corrected chi connectivity index (χ4v) is 2.95. The first-order chi connectivity index (χ1) is 8.26. The molecule has 0 aromatic heterocycles. The predicted molar refractivity (Wildman–Crippen MR) is 57.2 cm³/mol. The first kappa shape index (κ1) is 16.6. The van der Waals surface area contributed by atoms with E-state index in [9.17, 15) is 34.8 Å². The zero-order chi connectivity index (χ0) is 15.2. The Hall–Kier alpha value is -0.480. The van der Waals surface area contributed by atoms with Crippen LogP contribution in [0.4, 0.5) is 26.3 Å². The van der Waals surface area contributed by atoms with E-state index < -0.39 is 41.9 Å². The molecule has 11 heteroatoms. The third-order valence-corrected chi connectivity index (χ3v) is 3.97. The maximum atomic E-state index is 12.7. The van der Waals surface area contributed by atoms with Crippen molar-refractivity contribution in [1.82, 2.24) is 0 Å². The molecule has 0 radical (unpaired) electrons. The molecule has 0 aliphatic rings. The van der Waals surface area contributed by atoms with Crippen LogP contribution in [0.15, 0.2) is 21.5 Å². The molecule has 1 rings (SSSR count). The van der Waals surface area contributed by atoms with Crippen LogP contribution < -0.4 is 0 Å². The topological polar surface area (TPSA) is 34.1 Å². The Morgan fingerprint density at radius 3 is 1.68 bits per heavy atom. The van der Waals surface area contributed by atoms with E-state index in [-0.39, 0.29) is 0 Å². The van der Waals surface area contributed by atoms with Crippen LogP contribution in [0, 0.1) is 0 Å². The van der Waals surface area contributed by atoms with Crippen LogP contribution in [0.1, 0.15) is 11.1 Å². The van der Waals surface area contributed by atoms with Gasteiger partial charge >= 0.3 is 12.4 Å². The van der Waals surface area contributed by atoms with E-state index in [1.807, 2.05) is 0 Å². The molecule has 0 saturated carbocycles. The lowest BCUT2D eigenvalue weighted by Gasteiger charge is -2.19. The molecule has 0 amide bonds. The Morgan fingerprint density at radius 1 is 0.947 bits per heavy atom. The second-order valence-electron chi connectivity index (χ2n) is 3.23. The molecule has 108 valence electrons. The number of rotatable bonds is 1. The average Bonchev–Trinajstić information content (AvgIpc) is 2.11. The maximum Gasteiger partial charge on any atom is 0.418 e. The Bertz CT molecular complexity index is 607. The van der Waals surface area contributed by atoms with E-state index >= 15 is 0 Å². The van der Waals surface area contributed by atoms with Gasteiger partial charge in [-0.15, -0.1) is 0 Å². The van der Waals surface area contributed by atoms with E-state index in [0.717, 1.165) is 0 Å². The van der Waals surface area contributed by atoms with Gasteiger partial charge in [-0.2, -0.15) is 26.3 Å². The molecule has 1 aromatic rings. The molecule has 0 aliphatic carbocycles. The van der Waals surface area contributed by atoms with Crippen LogP contribution in [0.25, 0.3) is 0 Å². The molecule has 0 unspecified atom stereocenters. The normalized spacial score (nSPS) is 13.7. The van der Waals surface area contributed by atoms with Gasteiger partial charge in [0.15, 0.2) is 0 Å². The number of alkyl halides is 6. The van der Waals surface area contributed by atoms with Gasteiger partial charge in [-0.05, 0) is 12.1 Å². The molecule has 0 spiro atoms. The molecular weight excluding hydrogens is 389 g/mol. The van der Waals surface area contributed by atoms with Crippen molar-refractivity contribution in [1.29, 1.82) is 0 Å². The second kappa shape index (κ2) is 4.81. The fraction of sp³-hybridized carbons (Fsp3) is 0.250. The summed E-state index contributed by atoms with van der Waals surface area (Å²) in [6.07, 6.45) is -10.9. The number of halogens is 8. The molecule has 0 heterocycles. The third kappa shape index (κ3) is 3.54. The lowest BCUT2D eigenvalue weighted by molar-refractivity contribution is -0.164. The summed E-state index contributed by atoms with van der Waals surface area (Å²) in [6, 6.07) is 0.887. The van der Waals surface area contributed by atoms with Gasteiger partial charge in [0.1, 0.15) is 0 Å². The van der Waals surface area contributed by atoms with Gasteiger partial charge in [-0.25, -0.2) is 8.42 Å². The Morgan fingerprint density at radius 2 is 1.37 bits per heavy atom. The van der Waals surface area contributed by atoms with Gasteiger partial charge in [0, 0.05) is 15.2 Å². The van der Waals surface area contributed by atoms with Gasteiger partial charge in [0.25, 0.3) is 9.05 Å². The first-order valence-electron chi connectivity index (χ1n) is 4.18.